The fraction of sp³-hybridized carbons (Fsp3) is 0.722. The van der Waals surface area contributed by atoms with Gasteiger partial charge >= 0.3 is 0 Å². The summed E-state index contributed by atoms with van der Waals surface area (Å²) < 4.78 is 11.6. The molecule has 0 aliphatic carbocycles. The number of hydrogen-bond donors (Lipinski definition) is 0. The molecule has 0 N–H and O–H groups in total. The summed E-state index contributed by atoms with van der Waals surface area (Å²) in [5, 5.41) is 4.36. The van der Waals surface area contributed by atoms with E-state index in [0.717, 1.165) is 58.8 Å². The van der Waals surface area contributed by atoms with Gasteiger partial charge in [-0.1, -0.05) is 0 Å². The Morgan fingerprint density at radius 1 is 1.42 bits per heavy atom. The monoisotopic (exact) mass is 350 g/mol. The largest absolute Gasteiger partial charge is 0.380 e. The maximum atomic E-state index is 12.1. The van der Waals surface area contributed by atoms with Crippen LogP contribution in [0.1, 0.15) is 18.4 Å². The van der Waals surface area contributed by atoms with Crippen molar-refractivity contribution < 1.29 is 14.3 Å². The number of nitrogens with zero attached hydrogens (tertiary/aromatic N) is 2. The van der Waals surface area contributed by atoms with E-state index in [2.05, 4.69) is 21.7 Å². The molecule has 1 aromatic rings. The molecule has 4 heterocycles. The van der Waals surface area contributed by atoms with Crippen LogP contribution in [0.2, 0.25) is 0 Å². The van der Waals surface area contributed by atoms with E-state index < -0.39 is 0 Å². The standard InChI is InChI=1S/C18H26N2O3S/c21-17(20-4-1-2-5-20)10-23-14-18-12-19(7-15-3-6-24-11-15)8-16(18)9-22-13-18/h3,6,11,16H,1-2,4-5,7-10,12-14H2/t16-,18+/m1/s1. The molecule has 1 amide bonds. The van der Waals surface area contributed by atoms with E-state index >= 15 is 0 Å². The average molecular weight is 350 g/mol. The first-order chi connectivity index (χ1) is 11.8. The van der Waals surface area contributed by atoms with Gasteiger partial charge in [0.1, 0.15) is 6.61 Å². The molecule has 2 atom stereocenters. The Balaban J connectivity index is 1.30. The summed E-state index contributed by atoms with van der Waals surface area (Å²) in [6.45, 7) is 7.32. The third kappa shape index (κ3) is 3.38. The van der Waals surface area contributed by atoms with Crippen LogP contribution in [0.15, 0.2) is 16.8 Å². The van der Waals surface area contributed by atoms with Crippen molar-refractivity contribution in [1.29, 1.82) is 0 Å². The molecular weight excluding hydrogens is 324 g/mol. The summed E-state index contributed by atoms with van der Waals surface area (Å²) in [7, 11) is 0. The lowest BCUT2D eigenvalue weighted by Crippen LogP contribution is -2.38. The van der Waals surface area contributed by atoms with Crippen molar-refractivity contribution in [3.05, 3.63) is 22.4 Å². The molecule has 3 fully saturated rings. The first-order valence-electron chi connectivity index (χ1n) is 8.92. The number of amides is 1. The van der Waals surface area contributed by atoms with Crippen molar-refractivity contribution >= 4 is 17.2 Å². The van der Waals surface area contributed by atoms with Gasteiger partial charge in [-0.05, 0) is 35.2 Å². The third-order valence-corrected chi connectivity index (χ3v) is 6.38. The van der Waals surface area contributed by atoms with Gasteiger partial charge in [0.25, 0.3) is 0 Å². The quantitative estimate of drug-likeness (QED) is 0.785. The van der Waals surface area contributed by atoms with Gasteiger partial charge in [0.05, 0.1) is 19.8 Å². The number of hydrogen-bond acceptors (Lipinski definition) is 5. The molecule has 0 radical (unpaired) electrons. The Morgan fingerprint density at radius 2 is 2.29 bits per heavy atom. The lowest BCUT2D eigenvalue weighted by molar-refractivity contribution is -0.136. The van der Waals surface area contributed by atoms with Crippen LogP contribution >= 0.6 is 11.3 Å². The SMILES string of the molecule is O=C(COC[C@]12COC[C@H]1CN(Cc1ccsc1)C2)N1CCCC1. The van der Waals surface area contributed by atoms with Gasteiger partial charge in [-0.15, -0.1) is 0 Å². The van der Waals surface area contributed by atoms with Crippen LogP contribution in [0.3, 0.4) is 0 Å². The molecule has 132 valence electrons. The number of carbonyl (C=O) groups is 1. The molecule has 4 rings (SSSR count). The van der Waals surface area contributed by atoms with Crippen molar-refractivity contribution in [1.82, 2.24) is 9.80 Å². The molecule has 6 heteroatoms. The zero-order valence-corrected chi connectivity index (χ0v) is 14.9. The second-order valence-corrected chi connectivity index (χ2v) is 8.24. The predicted molar refractivity (Wildman–Crippen MR) is 93.0 cm³/mol. The van der Waals surface area contributed by atoms with Gasteiger partial charge in [-0.3, -0.25) is 9.69 Å². The molecule has 0 bridgehead atoms. The second kappa shape index (κ2) is 7.12. The summed E-state index contributed by atoms with van der Waals surface area (Å²) in [6.07, 6.45) is 2.26. The molecule has 0 spiro atoms. The molecule has 3 saturated heterocycles. The highest BCUT2D eigenvalue weighted by atomic mass is 32.1. The summed E-state index contributed by atoms with van der Waals surface area (Å²) in [5.74, 6) is 0.672. The topological polar surface area (TPSA) is 42.0 Å². The van der Waals surface area contributed by atoms with E-state index in [1.54, 1.807) is 11.3 Å². The minimum atomic E-state index is 0.0707. The highest BCUT2D eigenvalue weighted by molar-refractivity contribution is 7.07. The first-order valence-corrected chi connectivity index (χ1v) is 9.86. The number of likely N-dealkylation sites (tertiary alicyclic amines) is 2. The third-order valence-electron chi connectivity index (χ3n) is 5.65. The van der Waals surface area contributed by atoms with Crippen molar-refractivity contribution in [3.63, 3.8) is 0 Å². The molecule has 1 aromatic heterocycles. The summed E-state index contributed by atoms with van der Waals surface area (Å²) in [4.78, 5) is 16.6. The van der Waals surface area contributed by atoms with Gasteiger partial charge < -0.3 is 14.4 Å². The van der Waals surface area contributed by atoms with E-state index in [4.69, 9.17) is 9.47 Å². The van der Waals surface area contributed by atoms with Crippen LogP contribution in [-0.4, -0.2) is 68.3 Å². The molecule has 0 unspecified atom stereocenters. The summed E-state index contributed by atoms with van der Waals surface area (Å²) >= 11 is 1.75. The van der Waals surface area contributed by atoms with Crippen LogP contribution in [0.25, 0.3) is 0 Å². The lowest BCUT2D eigenvalue weighted by atomic mass is 9.82. The van der Waals surface area contributed by atoms with Crippen molar-refractivity contribution in [2.45, 2.75) is 19.4 Å². The predicted octanol–water partition coefficient (Wildman–Crippen LogP) is 1.84. The maximum absolute atomic E-state index is 12.1. The smallest absolute Gasteiger partial charge is 0.248 e. The Kier molecular flexibility index (Phi) is 4.90. The number of carbonyl (C=O) groups excluding carboxylic acids is 1. The summed E-state index contributed by atoms with van der Waals surface area (Å²) in [5.41, 5.74) is 1.46. The van der Waals surface area contributed by atoms with Crippen molar-refractivity contribution in [2.24, 2.45) is 11.3 Å². The fourth-order valence-corrected chi connectivity index (χ4v) is 4.97. The highest BCUT2D eigenvalue weighted by Gasteiger charge is 2.50. The minimum Gasteiger partial charge on any atom is -0.380 e. The lowest BCUT2D eigenvalue weighted by Gasteiger charge is -2.27. The normalized spacial score (nSPS) is 30.2. The van der Waals surface area contributed by atoms with Gasteiger partial charge in [-0.2, -0.15) is 11.3 Å². The molecular formula is C18H26N2O3S. The molecule has 0 saturated carbocycles. The van der Waals surface area contributed by atoms with E-state index in [1.165, 1.54) is 5.56 Å². The van der Waals surface area contributed by atoms with Crippen LogP contribution in [0, 0.1) is 11.3 Å². The number of thiophene rings is 1. The summed E-state index contributed by atoms with van der Waals surface area (Å²) in [6, 6.07) is 2.20. The van der Waals surface area contributed by atoms with Crippen LogP contribution in [-0.2, 0) is 20.8 Å². The number of fused-ring (bicyclic) bond motifs is 1. The van der Waals surface area contributed by atoms with Gasteiger partial charge in [0.15, 0.2) is 0 Å². The molecule has 3 aliphatic rings. The van der Waals surface area contributed by atoms with Crippen LogP contribution in [0.4, 0.5) is 0 Å². The maximum Gasteiger partial charge on any atom is 0.248 e. The van der Waals surface area contributed by atoms with E-state index in [-0.39, 0.29) is 17.9 Å². The molecule has 5 nitrogen and oxygen atoms in total. The Bertz CT molecular complexity index is 559. The van der Waals surface area contributed by atoms with Crippen molar-refractivity contribution in [3.8, 4) is 0 Å². The zero-order valence-electron chi connectivity index (χ0n) is 14.1. The molecule has 3 aliphatic heterocycles. The highest BCUT2D eigenvalue weighted by Crippen LogP contribution is 2.42. The minimum absolute atomic E-state index is 0.0707. The number of rotatable bonds is 6. The van der Waals surface area contributed by atoms with Gasteiger partial charge in [-0.25, -0.2) is 0 Å². The molecule has 0 aromatic carbocycles. The Morgan fingerprint density at radius 3 is 3.08 bits per heavy atom. The van der Waals surface area contributed by atoms with Crippen LogP contribution in [0.5, 0.6) is 0 Å². The Hall–Kier alpha value is -0.950. The van der Waals surface area contributed by atoms with E-state index in [1.807, 2.05) is 4.90 Å². The average Bonchev–Trinajstić information content (AvgIpc) is 3.32. The van der Waals surface area contributed by atoms with Gasteiger partial charge in [0, 0.05) is 44.1 Å². The fourth-order valence-electron chi connectivity index (χ4n) is 4.31. The second-order valence-electron chi connectivity index (χ2n) is 7.46. The first kappa shape index (κ1) is 16.5. The van der Waals surface area contributed by atoms with Crippen molar-refractivity contribution in [2.75, 3.05) is 52.6 Å². The van der Waals surface area contributed by atoms with Gasteiger partial charge in [0.2, 0.25) is 5.91 Å². The van der Waals surface area contributed by atoms with Crippen LogP contribution < -0.4 is 0 Å². The Labute approximate surface area is 147 Å². The van der Waals surface area contributed by atoms with E-state index in [0.29, 0.717) is 12.5 Å². The van der Waals surface area contributed by atoms with E-state index in [9.17, 15) is 4.79 Å². The zero-order chi connectivity index (χ0) is 16.4. The number of ether oxygens (including phenoxy) is 2. The molecule has 24 heavy (non-hydrogen) atoms.